The first-order chi connectivity index (χ1) is 8.31. The summed E-state index contributed by atoms with van der Waals surface area (Å²) in [5.41, 5.74) is 1.20. The number of likely N-dealkylation sites (N-methyl/N-ethyl adjacent to an activating group) is 1. The molecule has 0 saturated heterocycles. The highest BCUT2D eigenvalue weighted by Gasteiger charge is 2.19. The van der Waals surface area contributed by atoms with E-state index in [4.69, 9.17) is 0 Å². The number of rotatable bonds is 8. The molecule has 1 atom stereocenters. The van der Waals surface area contributed by atoms with Crippen LogP contribution < -0.4 is 5.32 Å². The van der Waals surface area contributed by atoms with Gasteiger partial charge < -0.3 is 5.32 Å². The van der Waals surface area contributed by atoms with Crippen molar-refractivity contribution in [2.45, 2.75) is 52.0 Å². The Morgan fingerprint density at radius 2 is 1.88 bits per heavy atom. The second kappa shape index (κ2) is 8.24. The molecule has 0 bridgehead atoms. The van der Waals surface area contributed by atoms with E-state index in [-0.39, 0.29) is 0 Å². The molecule has 0 aliphatic carbocycles. The van der Waals surface area contributed by atoms with Crippen molar-refractivity contribution in [2.75, 3.05) is 7.05 Å². The van der Waals surface area contributed by atoms with Gasteiger partial charge in [0.25, 0.3) is 0 Å². The lowest BCUT2D eigenvalue weighted by atomic mass is 9.88. The van der Waals surface area contributed by atoms with Crippen molar-refractivity contribution in [1.29, 1.82) is 0 Å². The fourth-order valence-electron chi connectivity index (χ4n) is 2.54. The minimum Gasteiger partial charge on any atom is -0.316 e. The van der Waals surface area contributed by atoms with E-state index >= 15 is 0 Å². The molecule has 0 fully saturated rings. The van der Waals surface area contributed by atoms with E-state index < -0.39 is 0 Å². The maximum absolute atomic E-state index is 4.43. The van der Waals surface area contributed by atoms with Gasteiger partial charge in [0.05, 0.1) is 0 Å². The number of hydrogen-bond donors (Lipinski definition) is 1. The molecule has 0 aromatic carbocycles. The zero-order valence-corrected chi connectivity index (χ0v) is 11.4. The zero-order valence-electron chi connectivity index (χ0n) is 11.4. The standard InChI is InChI=1S/C15H26N2/c1-4-8-13(9-5-2)15(16-3)12-14-10-6-7-11-17-14/h6-7,10-11,13,15-16H,4-5,8-9,12H2,1-3H3. The van der Waals surface area contributed by atoms with E-state index in [1.54, 1.807) is 0 Å². The van der Waals surface area contributed by atoms with Crippen LogP contribution in [0.5, 0.6) is 0 Å². The number of nitrogens with zero attached hydrogens (tertiary/aromatic N) is 1. The number of hydrogen-bond acceptors (Lipinski definition) is 2. The van der Waals surface area contributed by atoms with Crippen LogP contribution in [0.4, 0.5) is 0 Å². The van der Waals surface area contributed by atoms with E-state index in [0.29, 0.717) is 6.04 Å². The van der Waals surface area contributed by atoms with Crippen molar-refractivity contribution < 1.29 is 0 Å². The van der Waals surface area contributed by atoms with Crippen molar-refractivity contribution in [3.8, 4) is 0 Å². The lowest BCUT2D eigenvalue weighted by Gasteiger charge is -2.26. The van der Waals surface area contributed by atoms with Crippen LogP contribution >= 0.6 is 0 Å². The molecular formula is C15H26N2. The Hall–Kier alpha value is -0.890. The summed E-state index contributed by atoms with van der Waals surface area (Å²) < 4.78 is 0. The van der Waals surface area contributed by atoms with Crippen molar-refractivity contribution >= 4 is 0 Å². The second-order valence-electron chi connectivity index (χ2n) is 4.76. The number of pyridine rings is 1. The first kappa shape index (κ1) is 14.2. The van der Waals surface area contributed by atoms with E-state index in [1.807, 2.05) is 12.3 Å². The monoisotopic (exact) mass is 234 g/mol. The predicted octanol–water partition coefficient (Wildman–Crippen LogP) is 3.43. The third-order valence-corrected chi connectivity index (χ3v) is 3.41. The largest absolute Gasteiger partial charge is 0.316 e. The summed E-state index contributed by atoms with van der Waals surface area (Å²) in [6, 6.07) is 6.74. The summed E-state index contributed by atoms with van der Waals surface area (Å²) in [6.45, 7) is 4.55. The predicted molar refractivity (Wildman–Crippen MR) is 74.1 cm³/mol. The molecular weight excluding hydrogens is 208 g/mol. The average Bonchev–Trinajstić information content (AvgIpc) is 2.37. The van der Waals surface area contributed by atoms with Crippen LogP contribution in [0, 0.1) is 5.92 Å². The van der Waals surface area contributed by atoms with E-state index in [2.05, 4.69) is 43.3 Å². The maximum Gasteiger partial charge on any atom is 0.0419 e. The van der Waals surface area contributed by atoms with E-state index in [0.717, 1.165) is 12.3 Å². The van der Waals surface area contributed by atoms with Gasteiger partial charge in [0.15, 0.2) is 0 Å². The topological polar surface area (TPSA) is 24.9 Å². The fourth-order valence-corrected chi connectivity index (χ4v) is 2.54. The zero-order chi connectivity index (χ0) is 12.5. The number of aromatic nitrogens is 1. The van der Waals surface area contributed by atoms with E-state index in [9.17, 15) is 0 Å². The molecule has 1 unspecified atom stereocenters. The van der Waals surface area contributed by atoms with Crippen LogP contribution in [0.15, 0.2) is 24.4 Å². The smallest absolute Gasteiger partial charge is 0.0419 e. The van der Waals surface area contributed by atoms with Gasteiger partial charge in [-0.3, -0.25) is 4.98 Å². The Kier molecular flexibility index (Phi) is 6.87. The van der Waals surface area contributed by atoms with Crippen LogP contribution in [0.2, 0.25) is 0 Å². The molecule has 0 saturated carbocycles. The van der Waals surface area contributed by atoms with Gasteiger partial charge in [-0.1, -0.05) is 32.8 Å². The van der Waals surface area contributed by atoms with Crippen LogP contribution in [0.1, 0.15) is 45.2 Å². The Bertz CT molecular complexity index is 278. The molecule has 2 heteroatoms. The highest BCUT2D eigenvalue weighted by molar-refractivity contribution is 5.05. The van der Waals surface area contributed by atoms with Crippen LogP contribution in [0.3, 0.4) is 0 Å². The quantitative estimate of drug-likeness (QED) is 0.745. The molecule has 17 heavy (non-hydrogen) atoms. The molecule has 1 N–H and O–H groups in total. The van der Waals surface area contributed by atoms with Crippen molar-refractivity contribution in [3.63, 3.8) is 0 Å². The summed E-state index contributed by atoms with van der Waals surface area (Å²) in [5.74, 6) is 0.775. The van der Waals surface area contributed by atoms with Crippen molar-refractivity contribution in [3.05, 3.63) is 30.1 Å². The average molecular weight is 234 g/mol. The highest BCUT2D eigenvalue weighted by atomic mass is 14.9. The van der Waals surface area contributed by atoms with Gasteiger partial charge >= 0.3 is 0 Å². The first-order valence-electron chi connectivity index (χ1n) is 6.89. The lowest BCUT2D eigenvalue weighted by molar-refractivity contribution is 0.321. The highest BCUT2D eigenvalue weighted by Crippen LogP contribution is 2.20. The Balaban J connectivity index is 2.61. The van der Waals surface area contributed by atoms with E-state index in [1.165, 1.54) is 31.4 Å². The Labute approximate surface area is 106 Å². The molecule has 0 aliphatic rings. The summed E-state index contributed by atoms with van der Waals surface area (Å²) in [4.78, 5) is 4.43. The van der Waals surface area contributed by atoms with Crippen LogP contribution in [0.25, 0.3) is 0 Å². The van der Waals surface area contributed by atoms with Gasteiger partial charge in [0.1, 0.15) is 0 Å². The van der Waals surface area contributed by atoms with Crippen LogP contribution in [-0.2, 0) is 6.42 Å². The summed E-state index contributed by atoms with van der Waals surface area (Å²) in [5, 5.41) is 3.48. The molecule has 1 aromatic heterocycles. The van der Waals surface area contributed by atoms with Crippen molar-refractivity contribution in [2.24, 2.45) is 5.92 Å². The molecule has 1 rings (SSSR count). The maximum atomic E-state index is 4.43. The minimum atomic E-state index is 0.560. The molecule has 1 heterocycles. The van der Waals surface area contributed by atoms with Gasteiger partial charge in [0, 0.05) is 24.4 Å². The Morgan fingerprint density at radius 3 is 2.35 bits per heavy atom. The molecule has 0 spiro atoms. The third-order valence-electron chi connectivity index (χ3n) is 3.41. The summed E-state index contributed by atoms with van der Waals surface area (Å²) in [7, 11) is 2.08. The lowest BCUT2D eigenvalue weighted by Crippen LogP contribution is -2.35. The molecule has 2 nitrogen and oxygen atoms in total. The fraction of sp³-hybridized carbons (Fsp3) is 0.667. The van der Waals surface area contributed by atoms with Gasteiger partial charge in [0.2, 0.25) is 0 Å². The van der Waals surface area contributed by atoms with Gasteiger partial charge in [-0.15, -0.1) is 0 Å². The van der Waals surface area contributed by atoms with Crippen molar-refractivity contribution in [1.82, 2.24) is 10.3 Å². The van der Waals surface area contributed by atoms with Crippen LogP contribution in [-0.4, -0.2) is 18.1 Å². The third kappa shape index (κ3) is 4.86. The number of nitrogens with one attached hydrogen (secondary N) is 1. The molecule has 1 aromatic rings. The molecule has 0 aliphatic heterocycles. The minimum absolute atomic E-state index is 0.560. The second-order valence-corrected chi connectivity index (χ2v) is 4.76. The molecule has 0 radical (unpaired) electrons. The summed E-state index contributed by atoms with van der Waals surface area (Å²) in [6.07, 6.45) is 8.09. The van der Waals surface area contributed by atoms with Gasteiger partial charge in [-0.05, 0) is 37.9 Å². The van der Waals surface area contributed by atoms with Gasteiger partial charge in [-0.2, -0.15) is 0 Å². The first-order valence-corrected chi connectivity index (χ1v) is 6.89. The van der Waals surface area contributed by atoms with Gasteiger partial charge in [-0.25, -0.2) is 0 Å². The molecule has 96 valence electrons. The Morgan fingerprint density at radius 1 is 1.18 bits per heavy atom. The normalized spacial score (nSPS) is 12.9. The SMILES string of the molecule is CCCC(CCC)C(Cc1ccccn1)NC. The summed E-state index contributed by atoms with van der Waals surface area (Å²) >= 11 is 0. The molecule has 0 amide bonds.